The predicted molar refractivity (Wildman–Crippen MR) is 74.6 cm³/mol. The Bertz CT molecular complexity index is 479. The van der Waals surface area contributed by atoms with E-state index in [1.54, 1.807) is 22.3 Å². The first kappa shape index (κ1) is 9.85. The lowest BCUT2D eigenvalue weighted by atomic mass is 10.1. The van der Waals surface area contributed by atoms with Crippen LogP contribution < -0.4 is 0 Å². The van der Waals surface area contributed by atoms with Crippen molar-refractivity contribution in [3.8, 4) is 0 Å². The van der Waals surface area contributed by atoms with E-state index in [1.807, 2.05) is 0 Å². The molecule has 2 aliphatic heterocycles. The number of hydrogen-bond donors (Lipinski definition) is 0. The van der Waals surface area contributed by atoms with E-state index in [9.17, 15) is 0 Å². The molecule has 0 radical (unpaired) electrons. The minimum absolute atomic E-state index is 0.761. The van der Waals surface area contributed by atoms with Gasteiger partial charge in [-0.1, -0.05) is 48.5 Å². The van der Waals surface area contributed by atoms with Crippen LogP contribution in [0.5, 0.6) is 0 Å². The molecule has 17 heavy (non-hydrogen) atoms. The van der Waals surface area contributed by atoms with Crippen molar-refractivity contribution < 1.29 is 0 Å². The molecule has 0 atom stereocenters. The number of benzene rings is 2. The van der Waals surface area contributed by atoms with Gasteiger partial charge in [-0.25, -0.2) is 0 Å². The summed E-state index contributed by atoms with van der Waals surface area (Å²) in [7, 11) is -0.761. The maximum absolute atomic E-state index is 2.34. The lowest BCUT2D eigenvalue weighted by molar-refractivity contribution is 1.35. The zero-order valence-corrected chi connectivity index (χ0v) is 10.8. The standard InChI is InChI=1S/C16H16P/c1-2-6-14-10-17(9-13(14)5-1)11-15-7-3-4-8-16(15)12-17/h1-8H,9-12H2/q+1. The number of fused-ring (bicyclic) bond motifs is 2. The van der Waals surface area contributed by atoms with Crippen LogP contribution in [0.2, 0.25) is 0 Å². The second kappa shape index (κ2) is 3.43. The van der Waals surface area contributed by atoms with Crippen LogP contribution in [0.1, 0.15) is 22.3 Å². The van der Waals surface area contributed by atoms with Gasteiger partial charge in [0.2, 0.25) is 0 Å². The molecule has 0 aromatic heterocycles. The van der Waals surface area contributed by atoms with E-state index in [0.29, 0.717) is 0 Å². The molecule has 0 saturated carbocycles. The van der Waals surface area contributed by atoms with Crippen LogP contribution in [0.4, 0.5) is 0 Å². The highest BCUT2D eigenvalue weighted by Gasteiger charge is 2.48. The average Bonchev–Trinajstić information content (AvgIpc) is 2.87. The minimum Gasteiger partial charge on any atom is -0.0618 e. The van der Waals surface area contributed by atoms with E-state index in [2.05, 4.69) is 48.5 Å². The van der Waals surface area contributed by atoms with Gasteiger partial charge in [0, 0.05) is 7.26 Å². The summed E-state index contributed by atoms with van der Waals surface area (Å²) in [6, 6.07) is 18.2. The van der Waals surface area contributed by atoms with E-state index >= 15 is 0 Å². The van der Waals surface area contributed by atoms with Gasteiger partial charge in [0.05, 0.1) is 24.6 Å². The Morgan fingerprint density at radius 1 is 0.529 bits per heavy atom. The molecule has 2 aromatic rings. The van der Waals surface area contributed by atoms with Gasteiger partial charge in [-0.15, -0.1) is 0 Å². The molecule has 0 fully saturated rings. The summed E-state index contributed by atoms with van der Waals surface area (Å²) < 4.78 is 0. The highest BCUT2D eigenvalue weighted by molar-refractivity contribution is 7.73. The lowest BCUT2D eigenvalue weighted by Crippen LogP contribution is -1.90. The molecular formula is C16H16P+. The van der Waals surface area contributed by atoms with Gasteiger partial charge >= 0.3 is 0 Å². The third kappa shape index (κ3) is 1.47. The summed E-state index contributed by atoms with van der Waals surface area (Å²) in [5.74, 6) is 0. The van der Waals surface area contributed by atoms with Gasteiger partial charge in [-0.3, -0.25) is 0 Å². The van der Waals surface area contributed by atoms with Gasteiger partial charge in [0.1, 0.15) is 0 Å². The Hall–Kier alpha value is -1.13. The summed E-state index contributed by atoms with van der Waals surface area (Å²) in [6.45, 7) is 0. The third-order valence-corrected chi connectivity index (χ3v) is 8.31. The summed E-state index contributed by atoms with van der Waals surface area (Å²) in [5, 5.41) is 0. The smallest absolute Gasteiger partial charge is 0.0618 e. The van der Waals surface area contributed by atoms with E-state index in [0.717, 1.165) is 0 Å². The quantitative estimate of drug-likeness (QED) is 0.596. The SMILES string of the molecule is c1ccc2c(c1)C[P+]1(C2)Cc2ccccc2C1. The highest BCUT2D eigenvalue weighted by Crippen LogP contribution is 2.75. The molecule has 84 valence electrons. The van der Waals surface area contributed by atoms with E-state index in [1.165, 1.54) is 24.6 Å². The molecule has 0 N–H and O–H groups in total. The van der Waals surface area contributed by atoms with Gasteiger partial charge in [0.15, 0.2) is 0 Å². The highest BCUT2D eigenvalue weighted by atomic mass is 31.2. The molecule has 0 bridgehead atoms. The molecule has 1 spiro atoms. The molecular weight excluding hydrogens is 223 g/mol. The van der Waals surface area contributed by atoms with Gasteiger partial charge < -0.3 is 0 Å². The van der Waals surface area contributed by atoms with Crippen molar-refractivity contribution in [2.24, 2.45) is 0 Å². The summed E-state index contributed by atoms with van der Waals surface area (Å²) in [6.07, 6.45) is 5.55. The van der Waals surface area contributed by atoms with Gasteiger partial charge in [-0.2, -0.15) is 0 Å². The first-order valence-electron chi connectivity index (χ1n) is 6.33. The van der Waals surface area contributed by atoms with Crippen molar-refractivity contribution in [2.75, 3.05) is 0 Å². The van der Waals surface area contributed by atoms with Crippen LogP contribution in [0.25, 0.3) is 0 Å². The fourth-order valence-electron chi connectivity index (χ4n) is 3.51. The van der Waals surface area contributed by atoms with Crippen LogP contribution in [-0.4, -0.2) is 0 Å². The molecule has 2 aliphatic rings. The molecule has 2 aromatic carbocycles. The van der Waals surface area contributed by atoms with Gasteiger partial charge in [0.25, 0.3) is 0 Å². The van der Waals surface area contributed by atoms with Crippen molar-refractivity contribution in [3.63, 3.8) is 0 Å². The maximum atomic E-state index is 2.34. The summed E-state index contributed by atoms with van der Waals surface area (Å²) in [4.78, 5) is 0. The second-order valence-corrected chi connectivity index (χ2v) is 9.46. The second-order valence-electron chi connectivity index (χ2n) is 5.51. The zero-order valence-electron chi connectivity index (χ0n) is 9.89. The topological polar surface area (TPSA) is 0 Å². The molecule has 0 amide bonds. The fraction of sp³-hybridized carbons (Fsp3) is 0.250. The van der Waals surface area contributed by atoms with E-state index in [4.69, 9.17) is 0 Å². The average molecular weight is 239 g/mol. The lowest BCUT2D eigenvalue weighted by Gasteiger charge is -2.14. The molecule has 2 heterocycles. The van der Waals surface area contributed by atoms with Crippen molar-refractivity contribution in [1.29, 1.82) is 0 Å². The third-order valence-electron chi connectivity index (χ3n) is 4.26. The van der Waals surface area contributed by atoms with Crippen LogP contribution in [0.15, 0.2) is 48.5 Å². The van der Waals surface area contributed by atoms with Crippen LogP contribution in [0, 0.1) is 0 Å². The van der Waals surface area contributed by atoms with Crippen LogP contribution >= 0.6 is 7.26 Å². The largest absolute Gasteiger partial charge is 0.0856 e. The summed E-state index contributed by atoms with van der Waals surface area (Å²) in [5.41, 5.74) is 6.53. The molecule has 0 aliphatic carbocycles. The van der Waals surface area contributed by atoms with Crippen molar-refractivity contribution in [3.05, 3.63) is 70.8 Å². The number of rotatable bonds is 0. The first-order valence-corrected chi connectivity index (χ1v) is 8.86. The monoisotopic (exact) mass is 239 g/mol. The zero-order chi connectivity index (χ0) is 11.3. The Labute approximate surface area is 103 Å². The number of hydrogen-bond acceptors (Lipinski definition) is 0. The Balaban J connectivity index is 1.72. The molecule has 4 rings (SSSR count). The fourth-order valence-corrected chi connectivity index (χ4v) is 8.31. The Kier molecular flexibility index (Phi) is 1.99. The molecule has 0 nitrogen and oxygen atoms in total. The van der Waals surface area contributed by atoms with Crippen molar-refractivity contribution in [2.45, 2.75) is 24.6 Å². The molecule has 0 saturated heterocycles. The van der Waals surface area contributed by atoms with E-state index in [-0.39, 0.29) is 0 Å². The predicted octanol–water partition coefficient (Wildman–Crippen LogP) is 4.43. The molecule has 0 unspecified atom stereocenters. The maximum Gasteiger partial charge on any atom is 0.0856 e. The normalized spacial score (nSPS) is 19.3. The van der Waals surface area contributed by atoms with Crippen molar-refractivity contribution in [1.82, 2.24) is 0 Å². The minimum atomic E-state index is -0.761. The first-order chi connectivity index (χ1) is 8.35. The van der Waals surface area contributed by atoms with Gasteiger partial charge in [-0.05, 0) is 22.3 Å². The van der Waals surface area contributed by atoms with E-state index < -0.39 is 7.26 Å². The van der Waals surface area contributed by atoms with Crippen molar-refractivity contribution >= 4 is 7.26 Å². The van der Waals surface area contributed by atoms with Crippen LogP contribution in [0.3, 0.4) is 0 Å². The Morgan fingerprint density at radius 2 is 0.824 bits per heavy atom. The summed E-state index contributed by atoms with van der Waals surface area (Å²) >= 11 is 0. The molecule has 1 heteroatoms. The van der Waals surface area contributed by atoms with Crippen LogP contribution in [-0.2, 0) is 24.6 Å². The Morgan fingerprint density at radius 3 is 1.12 bits per heavy atom.